The van der Waals surface area contributed by atoms with E-state index >= 15 is 0 Å². The summed E-state index contributed by atoms with van der Waals surface area (Å²) in [5, 5.41) is 0.531. The van der Waals surface area contributed by atoms with Crippen LogP contribution >= 0.6 is 11.6 Å². The standard InChI is InChI=1S/C13H12ClN/c1-9-5-10(2)7-12(6-9)11-3-4-13(14)15-8-11/h3-8H,1-2H3. The molecule has 76 valence electrons. The molecule has 0 N–H and O–H groups in total. The van der Waals surface area contributed by atoms with Gasteiger partial charge in [-0.25, -0.2) is 4.98 Å². The Hall–Kier alpha value is -1.34. The molecule has 0 bridgehead atoms. The van der Waals surface area contributed by atoms with Gasteiger partial charge < -0.3 is 0 Å². The fourth-order valence-electron chi connectivity index (χ4n) is 1.69. The average Bonchev–Trinajstić information content (AvgIpc) is 2.17. The zero-order valence-electron chi connectivity index (χ0n) is 8.79. The molecule has 0 amide bonds. The SMILES string of the molecule is Cc1cc(C)cc(-c2ccc(Cl)nc2)c1. The minimum atomic E-state index is 0.531. The molecular formula is C13H12ClN. The number of rotatable bonds is 1. The summed E-state index contributed by atoms with van der Waals surface area (Å²) >= 11 is 5.75. The Morgan fingerprint density at radius 3 is 2.13 bits per heavy atom. The highest BCUT2D eigenvalue weighted by Gasteiger charge is 1.99. The first-order valence-corrected chi connectivity index (χ1v) is 5.23. The van der Waals surface area contributed by atoms with Crippen molar-refractivity contribution in [2.75, 3.05) is 0 Å². The molecule has 1 nitrogen and oxygen atoms in total. The van der Waals surface area contributed by atoms with Crippen LogP contribution in [0.3, 0.4) is 0 Å². The molecule has 2 heteroatoms. The van der Waals surface area contributed by atoms with Gasteiger partial charge in [0.25, 0.3) is 0 Å². The molecule has 0 fully saturated rings. The number of benzene rings is 1. The summed E-state index contributed by atoms with van der Waals surface area (Å²) in [6.45, 7) is 4.19. The zero-order chi connectivity index (χ0) is 10.8. The fourth-order valence-corrected chi connectivity index (χ4v) is 1.80. The van der Waals surface area contributed by atoms with Gasteiger partial charge in [0.15, 0.2) is 0 Å². The first kappa shape index (κ1) is 10.2. The summed E-state index contributed by atoms with van der Waals surface area (Å²) in [6, 6.07) is 10.3. The highest BCUT2D eigenvalue weighted by atomic mass is 35.5. The largest absolute Gasteiger partial charge is 0.244 e. The van der Waals surface area contributed by atoms with E-state index in [0.29, 0.717) is 5.15 Å². The van der Waals surface area contributed by atoms with Crippen LogP contribution in [0.25, 0.3) is 11.1 Å². The monoisotopic (exact) mass is 217 g/mol. The molecule has 0 aliphatic rings. The van der Waals surface area contributed by atoms with Crippen molar-refractivity contribution >= 4 is 11.6 Å². The number of hydrogen-bond acceptors (Lipinski definition) is 1. The molecule has 0 saturated carbocycles. The van der Waals surface area contributed by atoms with Gasteiger partial charge in [-0.05, 0) is 31.5 Å². The van der Waals surface area contributed by atoms with Crippen molar-refractivity contribution < 1.29 is 0 Å². The quantitative estimate of drug-likeness (QED) is 0.658. The maximum absolute atomic E-state index is 5.75. The molecule has 1 aromatic carbocycles. The summed E-state index contributed by atoms with van der Waals surface area (Å²) in [7, 11) is 0. The second-order valence-corrected chi connectivity index (χ2v) is 4.13. The molecule has 0 atom stereocenters. The minimum Gasteiger partial charge on any atom is -0.244 e. The van der Waals surface area contributed by atoms with Gasteiger partial charge in [0.05, 0.1) is 0 Å². The van der Waals surface area contributed by atoms with Crippen LogP contribution in [0.15, 0.2) is 36.5 Å². The summed E-state index contributed by atoms with van der Waals surface area (Å²) in [5.41, 5.74) is 4.82. The van der Waals surface area contributed by atoms with Crippen molar-refractivity contribution in [2.45, 2.75) is 13.8 Å². The molecule has 2 rings (SSSR count). The lowest BCUT2D eigenvalue weighted by atomic mass is 10.0. The van der Waals surface area contributed by atoms with Crippen molar-refractivity contribution in [1.82, 2.24) is 4.98 Å². The van der Waals surface area contributed by atoms with E-state index in [0.717, 1.165) is 5.56 Å². The average molecular weight is 218 g/mol. The molecule has 0 saturated heterocycles. The molecule has 0 aliphatic heterocycles. The van der Waals surface area contributed by atoms with E-state index in [-0.39, 0.29) is 0 Å². The van der Waals surface area contributed by atoms with Gasteiger partial charge in [-0.2, -0.15) is 0 Å². The second-order valence-electron chi connectivity index (χ2n) is 3.75. The van der Waals surface area contributed by atoms with Crippen LogP contribution in [0.1, 0.15) is 11.1 Å². The molecular weight excluding hydrogens is 206 g/mol. The lowest BCUT2D eigenvalue weighted by molar-refractivity contribution is 1.32. The molecule has 2 aromatic rings. The number of aryl methyl sites for hydroxylation is 2. The van der Waals surface area contributed by atoms with Crippen LogP contribution in [-0.4, -0.2) is 4.98 Å². The minimum absolute atomic E-state index is 0.531. The summed E-state index contributed by atoms with van der Waals surface area (Å²) in [4.78, 5) is 4.08. The molecule has 1 aromatic heterocycles. The highest BCUT2D eigenvalue weighted by Crippen LogP contribution is 2.22. The topological polar surface area (TPSA) is 12.9 Å². The van der Waals surface area contributed by atoms with Crippen LogP contribution in [0, 0.1) is 13.8 Å². The van der Waals surface area contributed by atoms with E-state index < -0.39 is 0 Å². The number of pyridine rings is 1. The van der Waals surface area contributed by atoms with Crippen LogP contribution < -0.4 is 0 Å². The van der Waals surface area contributed by atoms with Crippen LogP contribution in [0.5, 0.6) is 0 Å². The van der Waals surface area contributed by atoms with E-state index in [1.165, 1.54) is 16.7 Å². The normalized spacial score (nSPS) is 10.3. The van der Waals surface area contributed by atoms with E-state index in [2.05, 4.69) is 37.0 Å². The third-order valence-corrected chi connectivity index (χ3v) is 2.51. The van der Waals surface area contributed by atoms with Gasteiger partial charge in [-0.15, -0.1) is 0 Å². The predicted octanol–water partition coefficient (Wildman–Crippen LogP) is 4.02. The third-order valence-electron chi connectivity index (χ3n) is 2.28. The Labute approximate surface area is 94.7 Å². The highest BCUT2D eigenvalue weighted by molar-refractivity contribution is 6.29. The fraction of sp³-hybridized carbons (Fsp3) is 0.154. The molecule has 0 aliphatic carbocycles. The van der Waals surface area contributed by atoms with Crippen LogP contribution in [0.2, 0.25) is 5.15 Å². The van der Waals surface area contributed by atoms with Gasteiger partial charge in [0.2, 0.25) is 0 Å². The van der Waals surface area contributed by atoms with Gasteiger partial charge >= 0.3 is 0 Å². The first-order chi connectivity index (χ1) is 7.15. The molecule has 1 heterocycles. The van der Waals surface area contributed by atoms with Crippen LogP contribution in [-0.2, 0) is 0 Å². The van der Waals surface area contributed by atoms with Crippen LogP contribution in [0.4, 0.5) is 0 Å². The molecule has 0 unspecified atom stereocenters. The maximum atomic E-state index is 5.75. The predicted molar refractivity (Wildman–Crippen MR) is 64.2 cm³/mol. The second kappa shape index (κ2) is 4.03. The Kier molecular flexibility index (Phi) is 2.74. The molecule has 0 spiro atoms. The summed E-state index contributed by atoms with van der Waals surface area (Å²) in [5.74, 6) is 0. The van der Waals surface area contributed by atoms with Gasteiger partial charge in [-0.1, -0.05) is 40.9 Å². The first-order valence-electron chi connectivity index (χ1n) is 4.85. The summed E-state index contributed by atoms with van der Waals surface area (Å²) < 4.78 is 0. The van der Waals surface area contributed by atoms with E-state index in [9.17, 15) is 0 Å². The van der Waals surface area contributed by atoms with E-state index in [4.69, 9.17) is 11.6 Å². The van der Waals surface area contributed by atoms with Crippen molar-refractivity contribution in [3.63, 3.8) is 0 Å². The third kappa shape index (κ3) is 2.37. The number of nitrogens with zero attached hydrogens (tertiary/aromatic N) is 1. The van der Waals surface area contributed by atoms with Gasteiger partial charge in [0, 0.05) is 11.8 Å². The molecule has 0 radical (unpaired) electrons. The lowest BCUT2D eigenvalue weighted by Crippen LogP contribution is -1.84. The Bertz CT molecular complexity index is 454. The van der Waals surface area contributed by atoms with E-state index in [1.807, 2.05) is 12.1 Å². The van der Waals surface area contributed by atoms with Crippen molar-refractivity contribution in [2.24, 2.45) is 0 Å². The Balaban J connectivity index is 2.49. The van der Waals surface area contributed by atoms with Crippen molar-refractivity contribution in [3.05, 3.63) is 52.8 Å². The number of aromatic nitrogens is 1. The van der Waals surface area contributed by atoms with Gasteiger partial charge in [-0.3, -0.25) is 0 Å². The maximum Gasteiger partial charge on any atom is 0.129 e. The number of hydrogen-bond donors (Lipinski definition) is 0. The lowest BCUT2D eigenvalue weighted by Gasteiger charge is -2.04. The van der Waals surface area contributed by atoms with Gasteiger partial charge in [0.1, 0.15) is 5.15 Å². The smallest absolute Gasteiger partial charge is 0.129 e. The zero-order valence-corrected chi connectivity index (χ0v) is 9.55. The Morgan fingerprint density at radius 1 is 0.933 bits per heavy atom. The number of halogens is 1. The van der Waals surface area contributed by atoms with Crippen molar-refractivity contribution in [3.8, 4) is 11.1 Å². The summed E-state index contributed by atoms with van der Waals surface area (Å²) in [6.07, 6.45) is 1.80. The Morgan fingerprint density at radius 2 is 1.60 bits per heavy atom. The molecule has 15 heavy (non-hydrogen) atoms. The van der Waals surface area contributed by atoms with Crippen molar-refractivity contribution in [1.29, 1.82) is 0 Å². The van der Waals surface area contributed by atoms with E-state index in [1.54, 1.807) is 6.20 Å².